The Labute approximate surface area is 167 Å². The SMILES string of the molecule is CCCN(C(=O)C(C)SCC(=O)Nc1ccc(C)cc1)C1CCNC1.Cl. The number of nitrogens with one attached hydrogen (secondary N) is 2. The van der Waals surface area contributed by atoms with E-state index in [-0.39, 0.29) is 41.3 Å². The molecule has 0 bridgehead atoms. The van der Waals surface area contributed by atoms with Gasteiger partial charge in [-0.15, -0.1) is 24.2 Å². The van der Waals surface area contributed by atoms with E-state index in [0.717, 1.165) is 43.7 Å². The van der Waals surface area contributed by atoms with E-state index in [9.17, 15) is 9.59 Å². The zero-order valence-corrected chi connectivity index (χ0v) is 17.4. The van der Waals surface area contributed by atoms with Crippen molar-refractivity contribution in [3.8, 4) is 0 Å². The molecule has 1 aromatic rings. The Bertz CT molecular complexity index is 577. The number of halogens is 1. The van der Waals surface area contributed by atoms with Crippen LogP contribution in [0.4, 0.5) is 5.69 Å². The molecule has 1 aliphatic heterocycles. The molecule has 2 amide bonds. The van der Waals surface area contributed by atoms with Crippen molar-refractivity contribution < 1.29 is 9.59 Å². The van der Waals surface area contributed by atoms with E-state index in [1.54, 1.807) is 0 Å². The highest BCUT2D eigenvalue weighted by molar-refractivity contribution is 8.01. The fourth-order valence-electron chi connectivity index (χ4n) is 2.96. The van der Waals surface area contributed by atoms with Gasteiger partial charge in [0.1, 0.15) is 0 Å². The molecule has 7 heteroatoms. The lowest BCUT2D eigenvalue weighted by atomic mass is 10.2. The Hall–Kier alpha value is -1.24. The second kappa shape index (κ2) is 11.5. The summed E-state index contributed by atoms with van der Waals surface area (Å²) >= 11 is 1.40. The first-order valence-corrected chi connectivity index (χ1v) is 10.1. The van der Waals surface area contributed by atoms with Crippen molar-refractivity contribution in [1.82, 2.24) is 10.2 Å². The van der Waals surface area contributed by atoms with Crippen molar-refractivity contribution in [2.45, 2.75) is 44.9 Å². The van der Waals surface area contributed by atoms with Crippen molar-refractivity contribution in [2.24, 2.45) is 0 Å². The van der Waals surface area contributed by atoms with E-state index in [2.05, 4.69) is 17.6 Å². The first kappa shape index (κ1) is 22.8. The molecule has 0 aliphatic carbocycles. The van der Waals surface area contributed by atoms with E-state index in [1.807, 2.05) is 43.0 Å². The third-order valence-corrected chi connectivity index (χ3v) is 5.50. The maximum Gasteiger partial charge on any atom is 0.235 e. The van der Waals surface area contributed by atoms with Gasteiger partial charge in [-0.25, -0.2) is 0 Å². The van der Waals surface area contributed by atoms with E-state index in [1.165, 1.54) is 11.8 Å². The van der Waals surface area contributed by atoms with Gasteiger partial charge in [-0.2, -0.15) is 0 Å². The van der Waals surface area contributed by atoms with Crippen LogP contribution in [-0.2, 0) is 9.59 Å². The van der Waals surface area contributed by atoms with Gasteiger partial charge in [0.2, 0.25) is 11.8 Å². The number of hydrogen-bond acceptors (Lipinski definition) is 4. The maximum absolute atomic E-state index is 12.8. The summed E-state index contributed by atoms with van der Waals surface area (Å²) in [5, 5.41) is 5.99. The highest BCUT2D eigenvalue weighted by atomic mass is 35.5. The number of hydrogen-bond donors (Lipinski definition) is 2. The predicted molar refractivity (Wildman–Crippen MR) is 112 cm³/mol. The molecular weight excluding hydrogens is 370 g/mol. The summed E-state index contributed by atoms with van der Waals surface area (Å²) in [5.74, 6) is 0.352. The van der Waals surface area contributed by atoms with Crippen LogP contribution in [0.15, 0.2) is 24.3 Å². The molecule has 5 nitrogen and oxygen atoms in total. The number of aryl methyl sites for hydroxylation is 1. The fourth-order valence-corrected chi connectivity index (χ4v) is 3.71. The van der Waals surface area contributed by atoms with Crippen LogP contribution in [0.5, 0.6) is 0 Å². The van der Waals surface area contributed by atoms with Gasteiger partial charge in [-0.1, -0.05) is 24.6 Å². The van der Waals surface area contributed by atoms with Gasteiger partial charge in [0, 0.05) is 24.8 Å². The van der Waals surface area contributed by atoms with E-state index < -0.39 is 0 Å². The first-order chi connectivity index (χ1) is 12.0. The Morgan fingerprint density at radius 1 is 1.35 bits per heavy atom. The minimum Gasteiger partial charge on any atom is -0.337 e. The molecule has 0 saturated carbocycles. The minimum absolute atomic E-state index is 0. The van der Waals surface area contributed by atoms with Gasteiger partial charge in [0.25, 0.3) is 0 Å². The molecule has 1 aliphatic rings. The average Bonchev–Trinajstić information content (AvgIpc) is 3.13. The molecule has 1 heterocycles. The number of carbonyl (C=O) groups is 2. The Balaban J connectivity index is 0.00000338. The number of carbonyl (C=O) groups excluding carboxylic acids is 2. The number of nitrogens with zero attached hydrogens (tertiary/aromatic N) is 1. The van der Waals surface area contributed by atoms with Crippen molar-refractivity contribution in [3.63, 3.8) is 0 Å². The quantitative estimate of drug-likeness (QED) is 0.705. The molecule has 2 N–H and O–H groups in total. The summed E-state index contributed by atoms with van der Waals surface area (Å²) in [7, 11) is 0. The number of rotatable bonds is 8. The zero-order chi connectivity index (χ0) is 18.2. The second-order valence-corrected chi connectivity index (χ2v) is 7.87. The highest BCUT2D eigenvalue weighted by Crippen LogP contribution is 2.19. The van der Waals surface area contributed by atoms with Gasteiger partial charge in [0.15, 0.2) is 0 Å². The summed E-state index contributed by atoms with van der Waals surface area (Å²) in [6.45, 7) is 8.63. The number of thioether (sulfide) groups is 1. The van der Waals surface area contributed by atoms with Crippen molar-refractivity contribution in [3.05, 3.63) is 29.8 Å². The highest BCUT2D eigenvalue weighted by Gasteiger charge is 2.29. The normalized spacial score (nSPS) is 17.3. The smallest absolute Gasteiger partial charge is 0.235 e. The molecule has 2 atom stereocenters. The lowest BCUT2D eigenvalue weighted by Gasteiger charge is -2.30. The molecule has 1 saturated heterocycles. The molecule has 26 heavy (non-hydrogen) atoms. The number of amides is 2. The van der Waals surface area contributed by atoms with Crippen molar-refractivity contribution >= 4 is 41.7 Å². The summed E-state index contributed by atoms with van der Waals surface area (Å²) in [4.78, 5) is 26.9. The first-order valence-electron chi connectivity index (χ1n) is 9.00. The Morgan fingerprint density at radius 2 is 2.04 bits per heavy atom. The van der Waals surface area contributed by atoms with Crippen LogP contribution in [0.3, 0.4) is 0 Å². The predicted octanol–water partition coefficient (Wildman–Crippen LogP) is 3.08. The molecule has 0 spiro atoms. The monoisotopic (exact) mass is 399 g/mol. The topological polar surface area (TPSA) is 61.4 Å². The second-order valence-electron chi connectivity index (χ2n) is 6.55. The van der Waals surface area contributed by atoms with Crippen LogP contribution in [0.2, 0.25) is 0 Å². The minimum atomic E-state index is -0.212. The molecule has 2 unspecified atom stereocenters. The van der Waals surface area contributed by atoms with E-state index in [4.69, 9.17) is 0 Å². The zero-order valence-electron chi connectivity index (χ0n) is 15.8. The van der Waals surface area contributed by atoms with E-state index >= 15 is 0 Å². The van der Waals surface area contributed by atoms with Crippen LogP contribution in [-0.4, -0.2) is 53.4 Å². The van der Waals surface area contributed by atoms with Crippen LogP contribution in [0.25, 0.3) is 0 Å². The largest absolute Gasteiger partial charge is 0.337 e. The molecular formula is C19H30ClN3O2S. The standard InChI is InChI=1S/C19H29N3O2S.ClH/c1-4-11-22(17-9-10-20-12-17)19(24)15(3)25-13-18(23)21-16-7-5-14(2)6-8-16;/h5-8,15,17,20H,4,9-13H2,1-3H3,(H,21,23);1H. The average molecular weight is 400 g/mol. The van der Waals surface area contributed by atoms with Gasteiger partial charge < -0.3 is 15.5 Å². The summed E-state index contributed by atoms with van der Waals surface area (Å²) in [6, 6.07) is 8.00. The van der Waals surface area contributed by atoms with Crippen LogP contribution in [0, 0.1) is 6.92 Å². The van der Waals surface area contributed by atoms with Gasteiger partial charge >= 0.3 is 0 Å². The molecule has 1 aromatic carbocycles. The summed E-state index contributed by atoms with van der Waals surface area (Å²) in [6.07, 6.45) is 1.96. The molecule has 146 valence electrons. The Kier molecular flexibility index (Phi) is 10.1. The van der Waals surface area contributed by atoms with Crippen molar-refractivity contribution in [2.75, 3.05) is 30.7 Å². The molecule has 2 rings (SSSR count). The Morgan fingerprint density at radius 3 is 2.62 bits per heavy atom. The van der Waals surface area contributed by atoms with Gasteiger partial charge in [-0.05, 0) is 45.4 Å². The lowest BCUT2D eigenvalue weighted by molar-refractivity contribution is -0.132. The number of anilines is 1. The number of benzene rings is 1. The summed E-state index contributed by atoms with van der Waals surface area (Å²) < 4.78 is 0. The van der Waals surface area contributed by atoms with Crippen molar-refractivity contribution in [1.29, 1.82) is 0 Å². The fraction of sp³-hybridized carbons (Fsp3) is 0.579. The molecule has 0 radical (unpaired) electrons. The lowest BCUT2D eigenvalue weighted by Crippen LogP contribution is -2.45. The third-order valence-electron chi connectivity index (χ3n) is 4.37. The molecule has 0 aromatic heterocycles. The van der Waals surface area contributed by atoms with Gasteiger partial charge in [-0.3, -0.25) is 9.59 Å². The van der Waals surface area contributed by atoms with Crippen LogP contribution < -0.4 is 10.6 Å². The van der Waals surface area contributed by atoms with Crippen LogP contribution in [0.1, 0.15) is 32.3 Å². The maximum atomic E-state index is 12.8. The van der Waals surface area contributed by atoms with Crippen LogP contribution >= 0.6 is 24.2 Å². The van der Waals surface area contributed by atoms with Gasteiger partial charge in [0.05, 0.1) is 11.0 Å². The molecule has 1 fully saturated rings. The third kappa shape index (κ3) is 6.82. The van der Waals surface area contributed by atoms with E-state index in [0.29, 0.717) is 0 Å². The summed E-state index contributed by atoms with van der Waals surface area (Å²) in [5.41, 5.74) is 1.95.